The Morgan fingerprint density at radius 3 is 2.68 bits per heavy atom. The summed E-state index contributed by atoms with van der Waals surface area (Å²) < 4.78 is 2.36. The molecular formula is C20H31IN6S. The third-order valence-electron chi connectivity index (χ3n) is 5.23. The molecule has 0 atom stereocenters. The molecule has 2 aromatic rings. The van der Waals surface area contributed by atoms with E-state index in [0.29, 0.717) is 18.5 Å². The molecule has 0 amide bonds. The lowest BCUT2D eigenvalue weighted by molar-refractivity contribution is 0.461. The number of nitrogens with one attached hydrogen (secondary N) is 1. The lowest BCUT2D eigenvalue weighted by Crippen LogP contribution is -2.23. The minimum atomic E-state index is 0. The summed E-state index contributed by atoms with van der Waals surface area (Å²) in [7, 11) is 0. The number of guanidine groups is 1. The highest BCUT2D eigenvalue weighted by Gasteiger charge is 2.23. The van der Waals surface area contributed by atoms with Crippen LogP contribution in [0.2, 0.25) is 0 Å². The zero-order chi connectivity index (χ0) is 19.2. The Balaban J connectivity index is 0.00000280. The SMILES string of the molecule is CSc1nnc(CCCN=C(N)Nc2ccc(C)c(C)c2)n1C1CCCC1.I. The molecule has 1 heterocycles. The van der Waals surface area contributed by atoms with Crippen molar-refractivity contribution in [2.24, 2.45) is 10.7 Å². The van der Waals surface area contributed by atoms with Gasteiger partial charge in [0.2, 0.25) is 0 Å². The minimum absolute atomic E-state index is 0. The first-order valence-electron chi connectivity index (χ1n) is 9.70. The molecule has 6 nitrogen and oxygen atoms in total. The van der Waals surface area contributed by atoms with E-state index >= 15 is 0 Å². The van der Waals surface area contributed by atoms with Gasteiger partial charge < -0.3 is 15.6 Å². The Morgan fingerprint density at radius 2 is 2.00 bits per heavy atom. The molecule has 3 N–H and O–H groups in total. The molecule has 28 heavy (non-hydrogen) atoms. The van der Waals surface area contributed by atoms with Gasteiger partial charge in [-0.3, -0.25) is 4.99 Å². The van der Waals surface area contributed by atoms with Gasteiger partial charge >= 0.3 is 0 Å². The van der Waals surface area contributed by atoms with Gasteiger partial charge in [-0.1, -0.05) is 30.7 Å². The number of hydrogen-bond acceptors (Lipinski definition) is 4. The standard InChI is InChI=1S/C20H30N6S.HI/c1-14-10-11-16(13-15(14)2)23-19(21)22-12-6-9-18-24-25-20(27-3)26(18)17-7-4-5-8-17;/h10-11,13,17H,4-9,12H2,1-3H3,(H3,21,22,23);1H. The van der Waals surface area contributed by atoms with Crippen LogP contribution < -0.4 is 11.1 Å². The number of nitrogens with two attached hydrogens (primary N) is 1. The molecule has 0 spiro atoms. The van der Waals surface area contributed by atoms with E-state index in [1.165, 1.54) is 36.8 Å². The van der Waals surface area contributed by atoms with Gasteiger partial charge in [-0.2, -0.15) is 0 Å². The Morgan fingerprint density at radius 1 is 1.25 bits per heavy atom. The quantitative estimate of drug-likeness (QED) is 0.184. The summed E-state index contributed by atoms with van der Waals surface area (Å²) in [5.74, 6) is 1.54. The van der Waals surface area contributed by atoms with Crippen LogP contribution in [0.5, 0.6) is 0 Å². The molecule has 3 rings (SSSR count). The number of thioether (sulfide) groups is 1. The molecule has 0 bridgehead atoms. The first-order valence-corrected chi connectivity index (χ1v) is 10.9. The number of hydrogen-bond donors (Lipinski definition) is 2. The van der Waals surface area contributed by atoms with E-state index in [2.05, 4.69) is 57.3 Å². The average Bonchev–Trinajstić information content (AvgIpc) is 3.30. The van der Waals surface area contributed by atoms with Crippen molar-refractivity contribution >= 4 is 47.4 Å². The van der Waals surface area contributed by atoms with Gasteiger partial charge in [0.1, 0.15) is 5.82 Å². The maximum absolute atomic E-state index is 6.03. The number of rotatable bonds is 7. The van der Waals surface area contributed by atoms with E-state index in [1.807, 2.05) is 6.07 Å². The first-order chi connectivity index (χ1) is 13.1. The van der Waals surface area contributed by atoms with Crippen molar-refractivity contribution in [3.05, 3.63) is 35.2 Å². The van der Waals surface area contributed by atoms with Gasteiger partial charge in [-0.05, 0) is 62.6 Å². The topological polar surface area (TPSA) is 81.1 Å². The summed E-state index contributed by atoms with van der Waals surface area (Å²) in [5.41, 5.74) is 9.52. The molecule has 0 saturated heterocycles. The monoisotopic (exact) mass is 514 g/mol. The fourth-order valence-corrected chi connectivity index (χ4v) is 4.16. The number of aliphatic imine (C=N–C) groups is 1. The summed E-state index contributed by atoms with van der Waals surface area (Å²) in [6, 6.07) is 6.77. The van der Waals surface area contributed by atoms with E-state index in [9.17, 15) is 0 Å². The molecule has 0 aliphatic heterocycles. The van der Waals surface area contributed by atoms with Crippen LogP contribution in [-0.2, 0) is 6.42 Å². The summed E-state index contributed by atoms with van der Waals surface area (Å²) >= 11 is 1.68. The maximum atomic E-state index is 6.03. The third kappa shape index (κ3) is 5.85. The fourth-order valence-electron chi connectivity index (χ4n) is 3.59. The van der Waals surface area contributed by atoms with Crippen molar-refractivity contribution in [3.63, 3.8) is 0 Å². The predicted molar refractivity (Wildman–Crippen MR) is 129 cm³/mol. The van der Waals surface area contributed by atoms with Crippen LogP contribution in [-0.4, -0.2) is 33.5 Å². The van der Waals surface area contributed by atoms with E-state index in [-0.39, 0.29) is 24.0 Å². The second-order valence-electron chi connectivity index (χ2n) is 7.21. The van der Waals surface area contributed by atoms with Gasteiger partial charge in [0, 0.05) is 24.7 Å². The largest absolute Gasteiger partial charge is 0.370 e. The molecule has 1 fully saturated rings. The van der Waals surface area contributed by atoms with Crippen molar-refractivity contribution in [2.75, 3.05) is 18.1 Å². The number of halogens is 1. The lowest BCUT2D eigenvalue weighted by Gasteiger charge is -2.16. The van der Waals surface area contributed by atoms with Crippen LogP contribution in [0.1, 0.15) is 55.1 Å². The summed E-state index contributed by atoms with van der Waals surface area (Å²) in [6.45, 7) is 4.87. The average molecular weight is 514 g/mol. The van der Waals surface area contributed by atoms with Gasteiger partial charge in [-0.25, -0.2) is 0 Å². The second kappa shape index (κ2) is 11.0. The zero-order valence-corrected chi connectivity index (χ0v) is 20.1. The van der Waals surface area contributed by atoms with Crippen molar-refractivity contribution < 1.29 is 0 Å². The van der Waals surface area contributed by atoms with Gasteiger partial charge in [-0.15, -0.1) is 34.2 Å². The highest BCUT2D eigenvalue weighted by atomic mass is 127. The summed E-state index contributed by atoms with van der Waals surface area (Å²) in [4.78, 5) is 4.46. The number of benzene rings is 1. The van der Waals surface area contributed by atoms with E-state index in [0.717, 1.165) is 29.5 Å². The number of anilines is 1. The maximum Gasteiger partial charge on any atom is 0.193 e. The smallest absolute Gasteiger partial charge is 0.193 e. The van der Waals surface area contributed by atoms with Crippen molar-refractivity contribution in [1.82, 2.24) is 14.8 Å². The first kappa shape index (κ1) is 23.0. The molecule has 1 aromatic carbocycles. The van der Waals surface area contributed by atoms with Crippen LogP contribution in [0.4, 0.5) is 5.69 Å². The predicted octanol–water partition coefficient (Wildman–Crippen LogP) is 4.71. The van der Waals surface area contributed by atoms with E-state index < -0.39 is 0 Å². The second-order valence-corrected chi connectivity index (χ2v) is 7.98. The van der Waals surface area contributed by atoms with Crippen LogP contribution in [0.15, 0.2) is 28.3 Å². The van der Waals surface area contributed by atoms with Crippen LogP contribution in [0.25, 0.3) is 0 Å². The summed E-state index contributed by atoms with van der Waals surface area (Å²) in [6.07, 6.45) is 8.96. The molecule has 0 unspecified atom stereocenters. The fraction of sp³-hybridized carbons (Fsp3) is 0.550. The van der Waals surface area contributed by atoms with E-state index in [4.69, 9.17) is 5.73 Å². The summed E-state index contributed by atoms with van der Waals surface area (Å²) in [5, 5.41) is 13.0. The van der Waals surface area contributed by atoms with Gasteiger partial charge in [0.05, 0.1) is 0 Å². The molecule has 0 radical (unpaired) electrons. The van der Waals surface area contributed by atoms with Crippen molar-refractivity contribution in [1.29, 1.82) is 0 Å². The minimum Gasteiger partial charge on any atom is -0.370 e. The Labute approximate surface area is 189 Å². The Bertz CT molecular complexity index is 798. The molecule has 1 aliphatic rings. The molecule has 154 valence electrons. The molecule has 8 heteroatoms. The van der Waals surface area contributed by atoms with Crippen LogP contribution in [0, 0.1) is 13.8 Å². The normalized spacial score (nSPS) is 14.9. The Kier molecular flexibility index (Phi) is 9.07. The van der Waals surface area contributed by atoms with Gasteiger partial charge in [0.15, 0.2) is 11.1 Å². The lowest BCUT2D eigenvalue weighted by atomic mass is 10.1. The van der Waals surface area contributed by atoms with E-state index in [1.54, 1.807) is 11.8 Å². The van der Waals surface area contributed by atoms with Crippen LogP contribution in [0.3, 0.4) is 0 Å². The molecular weight excluding hydrogens is 483 g/mol. The molecule has 1 saturated carbocycles. The third-order valence-corrected chi connectivity index (χ3v) is 5.87. The molecule has 1 aliphatic carbocycles. The van der Waals surface area contributed by atoms with Crippen molar-refractivity contribution in [3.8, 4) is 0 Å². The number of aryl methyl sites for hydroxylation is 3. The zero-order valence-electron chi connectivity index (χ0n) is 16.9. The number of aromatic nitrogens is 3. The van der Waals surface area contributed by atoms with Gasteiger partial charge in [0.25, 0.3) is 0 Å². The molecule has 1 aromatic heterocycles. The van der Waals surface area contributed by atoms with Crippen LogP contribution >= 0.6 is 35.7 Å². The highest BCUT2D eigenvalue weighted by Crippen LogP contribution is 2.33. The number of nitrogens with zero attached hydrogens (tertiary/aromatic N) is 4. The highest BCUT2D eigenvalue weighted by molar-refractivity contribution is 14.0. The Hall–Kier alpha value is -1.29. The van der Waals surface area contributed by atoms with Crippen molar-refractivity contribution in [2.45, 2.75) is 63.6 Å².